The fourth-order valence-corrected chi connectivity index (χ4v) is 4.25. The standard InChI is InChI=1S/C24H24F2N4O2S/c1-4-7-20(31)30-19-9-6-5-8-17(19)21-22(27-24(29-28-21)33-13-14(2)3)32-23(30)16-11-10-15(25)12-18(16)26/h5-6,8-12,14,23H,4,7,13H2,1-3H3/t23-/m1/s1. The number of benzene rings is 2. The smallest absolute Gasteiger partial charge is 0.247 e. The van der Waals surface area contributed by atoms with E-state index in [0.717, 1.165) is 17.9 Å². The van der Waals surface area contributed by atoms with Gasteiger partial charge in [0.15, 0.2) is 5.69 Å². The van der Waals surface area contributed by atoms with Gasteiger partial charge in [0.1, 0.15) is 11.6 Å². The van der Waals surface area contributed by atoms with Gasteiger partial charge >= 0.3 is 0 Å². The van der Waals surface area contributed by atoms with Gasteiger partial charge in [0.2, 0.25) is 23.2 Å². The van der Waals surface area contributed by atoms with Gasteiger partial charge < -0.3 is 4.74 Å². The van der Waals surface area contributed by atoms with E-state index < -0.39 is 17.9 Å². The quantitative estimate of drug-likeness (QED) is 0.425. The number of carbonyl (C=O) groups excluding carboxylic acids is 1. The van der Waals surface area contributed by atoms with Crippen LogP contribution in [0.15, 0.2) is 47.6 Å². The summed E-state index contributed by atoms with van der Waals surface area (Å²) in [5, 5.41) is 9.01. The normalized spacial score (nSPS) is 15.0. The molecular formula is C24H24F2N4O2S. The van der Waals surface area contributed by atoms with Crippen LogP contribution in [0.2, 0.25) is 0 Å². The number of thioether (sulfide) groups is 1. The van der Waals surface area contributed by atoms with Gasteiger partial charge in [0.25, 0.3) is 0 Å². The predicted octanol–water partition coefficient (Wildman–Crippen LogP) is 5.79. The average molecular weight is 471 g/mol. The second kappa shape index (κ2) is 9.82. The Hall–Kier alpha value is -3.07. The van der Waals surface area contributed by atoms with Gasteiger partial charge in [-0.05, 0) is 30.5 Å². The summed E-state index contributed by atoms with van der Waals surface area (Å²) in [6, 6.07) is 10.3. The van der Waals surface area contributed by atoms with E-state index in [0.29, 0.717) is 34.4 Å². The third kappa shape index (κ3) is 4.83. The van der Waals surface area contributed by atoms with E-state index in [1.807, 2.05) is 13.0 Å². The summed E-state index contributed by atoms with van der Waals surface area (Å²) < 4.78 is 34.8. The third-order valence-corrected chi connectivity index (χ3v) is 6.28. The molecule has 2 aromatic carbocycles. The lowest BCUT2D eigenvalue weighted by Crippen LogP contribution is -2.38. The highest BCUT2D eigenvalue weighted by molar-refractivity contribution is 7.99. The van der Waals surface area contributed by atoms with Crippen molar-refractivity contribution in [3.8, 4) is 17.1 Å². The molecule has 172 valence electrons. The molecule has 6 nitrogen and oxygen atoms in total. The van der Waals surface area contributed by atoms with Gasteiger partial charge in [0, 0.05) is 29.4 Å². The average Bonchev–Trinajstić information content (AvgIpc) is 2.92. The van der Waals surface area contributed by atoms with Crippen molar-refractivity contribution in [2.24, 2.45) is 5.92 Å². The Bertz CT molecular complexity index is 1170. The molecule has 1 aromatic heterocycles. The number of hydrogen-bond acceptors (Lipinski definition) is 6. The van der Waals surface area contributed by atoms with E-state index >= 15 is 0 Å². The van der Waals surface area contributed by atoms with Crippen molar-refractivity contribution >= 4 is 23.4 Å². The Morgan fingerprint density at radius 1 is 1.18 bits per heavy atom. The summed E-state index contributed by atoms with van der Waals surface area (Å²) in [5.41, 5.74) is 1.49. The molecule has 0 saturated carbocycles. The lowest BCUT2D eigenvalue weighted by Gasteiger charge is -2.31. The number of amides is 1. The summed E-state index contributed by atoms with van der Waals surface area (Å²) in [7, 11) is 0. The van der Waals surface area contributed by atoms with Crippen LogP contribution in [0.3, 0.4) is 0 Å². The summed E-state index contributed by atoms with van der Waals surface area (Å²) in [5.74, 6) is -0.436. The van der Waals surface area contributed by atoms with E-state index in [-0.39, 0.29) is 23.8 Å². The fraction of sp³-hybridized carbons (Fsp3) is 0.333. The van der Waals surface area contributed by atoms with E-state index in [1.165, 1.54) is 22.7 Å². The molecule has 0 saturated heterocycles. The number of carbonyl (C=O) groups is 1. The Morgan fingerprint density at radius 3 is 2.70 bits per heavy atom. The van der Waals surface area contributed by atoms with Crippen molar-refractivity contribution in [1.82, 2.24) is 15.2 Å². The van der Waals surface area contributed by atoms with Crippen LogP contribution in [0.5, 0.6) is 5.88 Å². The summed E-state index contributed by atoms with van der Waals surface area (Å²) >= 11 is 1.44. The maximum absolute atomic E-state index is 14.9. The molecule has 2 heterocycles. The van der Waals surface area contributed by atoms with E-state index in [1.54, 1.807) is 18.2 Å². The fourth-order valence-electron chi connectivity index (χ4n) is 3.52. The zero-order chi connectivity index (χ0) is 23.5. The lowest BCUT2D eigenvalue weighted by molar-refractivity contribution is -0.120. The van der Waals surface area contributed by atoms with Crippen molar-refractivity contribution in [2.45, 2.75) is 45.0 Å². The zero-order valence-corrected chi connectivity index (χ0v) is 19.4. The Balaban J connectivity index is 1.90. The molecule has 0 bridgehead atoms. The van der Waals surface area contributed by atoms with Gasteiger partial charge in [-0.1, -0.05) is 50.7 Å². The molecule has 0 fully saturated rings. The maximum Gasteiger partial charge on any atom is 0.247 e. The number of anilines is 1. The predicted molar refractivity (Wildman–Crippen MR) is 123 cm³/mol. The summed E-state index contributed by atoms with van der Waals surface area (Å²) in [6.07, 6.45) is -0.370. The first-order valence-electron chi connectivity index (χ1n) is 10.8. The van der Waals surface area contributed by atoms with Crippen LogP contribution >= 0.6 is 11.8 Å². The number of aromatic nitrogens is 3. The minimum Gasteiger partial charge on any atom is -0.447 e. The SMILES string of the molecule is CCCC(=O)N1c2ccccc2-c2nnc(SCC(C)C)nc2O[C@@H]1c1ccc(F)cc1F. The molecule has 0 radical (unpaired) electrons. The van der Waals surface area contributed by atoms with Crippen LogP contribution in [-0.2, 0) is 4.79 Å². The molecule has 33 heavy (non-hydrogen) atoms. The molecule has 0 unspecified atom stereocenters. The molecule has 4 rings (SSSR count). The molecular weight excluding hydrogens is 446 g/mol. The number of nitrogens with zero attached hydrogens (tertiary/aromatic N) is 4. The highest BCUT2D eigenvalue weighted by atomic mass is 32.2. The summed E-state index contributed by atoms with van der Waals surface area (Å²) in [4.78, 5) is 19.2. The van der Waals surface area contributed by atoms with Gasteiger partial charge in [-0.15, -0.1) is 10.2 Å². The largest absolute Gasteiger partial charge is 0.447 e. The van der Waals surface area contributed by atoms with E-state index in [4.69, 9.17) is 4.74 Å². The second-order valence-electron chi connectivity index (χ2n) is 8.12. The topological polar surface area (TPSA) is 68.2 Å². The molecule has 1 amide bonds. The molecule has 1 atom stereocenters. The number of para-hydroxylation sites is 1. The van der Waals surface area contributed by atoms with E-state index in [9.17, 15) is 13.6 Å². The van der Waals surface area contributed by atoms with Crippen molar-refractivity contribution in [3.63, 3.8) is 0 Å². The van der Waals surface area contributed by atoms with Crippen molar-refractivity contribution in [3.05, 3.63) is 59.7 Å². The van der Waals surface area contributed by atoms with Crippen LogP contribution in [0, 0.1) is 17.6 Å². The van der Waals surface area contributed by atoms with Crippen molar-refractivity contribution < 1.29 is 18.3 Å². The number of fused-ring (bicyclic) bond motifs is 3. The van der Waals surface area contributed by atoms with E-state index in [2.05, 4.69) is 29.0 Å². The molecule has 0 spiro atoms. The molecule has 9 heteroatoms. The van der Waals surface area contributed by atoms with Gasteiger partial charge in [-0.25, -0.2) is 8.78 Å². The second-order valence-corrected chi connectivity index (χ2v) is 9.11. The van der Waals surface area contributed by atoms with Gasteiger partial charge in [-0.3, -0.25) is 9.69 Å². The molecule has 1 aliphatic rings. The zero-order valence-electron chi connectivity index (χ0n) is 18.6. The first-order chi connectivity index (χ1) is 15.9. The van der Waals surface area contributed by atoms with Crippen LogP contribution in [0.1, 0.15) is 45.4 Å². The maximum atomic E-state index is 14.9. The molecule has 3 aromatic rings. The minimum absolute atomic E-state index is 0.0264. The Labute approximate surface area is 195 Å². The number of rotatable bonds is 6. The lowest BCUT2D eigenvalue weighted by atomic mass is 10.1. The Morgan fingerprint density at radius 2 is 1.97 bits per heavy atom. The van der Waals surface area contributed by atoms with Crippen LogP contribution < -0.4 is 9.64 Å². The number of ether oxygens (including phenoxy) is 1. The van der Waals surface area contributed by atoms with Crippen LogP contribution in [0.25, 0.3) is 11.3 Å². The van der Waals surface area contributed by atoms with Crippen molar-refractivity contribution in [1.29, 1.82) is 0 Å². The molecule has 1 aliphatic heterocycles. The highest BCUT2D eigenvalue weighted by Gasteiger charge is 2.37. The van der Waals surface area contributed by atoms with Gasteiger partial charge in [0.05, 0.1) is 5.69 Å². The molecule has 0 aliphatic carbocycles. The minimum atomic E-state index is -1.19. The van der Waals surface area contributed by atoms with Crippen molar-refractivity contribution in [2.75, 3.05) is 10.7 Å². The summed E-state index contributed by atoms with van der Waals surface area (Å²) in [6.45, 7) is 6.05. The van der Waals surface area contributed by atoms with Crippen LogP contribution in [0.4, 0.5) is 14.5 Å². The molecule has 0 N–H and O–H groups in total. The monoisotopic (exact) mass is 470 g/mol. The number of halogens is 2. The Kier molecular flexibility index (Phi) is 6.88. The third-order valence-electron chi connectivity index (χ3n) is 5.02. The van der Waals surface area contributed by atoms with Gasteiger partial charge in [-0.2, -0.15) is 4.98 Å². The first-order valence-corrected chi connectivity index (χ1v) is 11.8. The van der Waals surface area contributed by atoms with Crippen LogP contribution in [-0.4, -0.2) is 26.8 Å². The first kappa shape index (κ1) is 23.1. The number of hydrogen-bond donors (Lipinski definition) is 0. The highest BCUT2D eigenvalue weighted by Crippen LogP contribution is 2.44.